The number of hydrogen-bond donors (Lipinski definition) is 0. The summed E-state index contributed by atoms with van der Waals surface area (Å²) in [6, 6.07) is 14.6. The Hall–Kier alpha value is -2.36. The Labute approximate surface area is 224 Å². The lowest BCUT2D eigenvalue weighted by Crippen LogP contribution is -2.39. The number of aryl methyl sites for hydroxylation is 1. The monoisotopic (exact) mass is 550 g/mol. The van der Waals surface area contributed by atoms with Crippen molar-refractivity contribution in [2.45, 2.75) is 69.9 Å². The molecule has 4 rings (SSSR count). The highest BCUT2D eigenvalue weighted by Gasteiger charge is 2.32. The van der Waals surface area contributed by atoms with Gasteiger partial charge in [-0.3, -0.25) is 0 Å². The van der Waals surface area contributed by atoms with E-state index < -0.39 is 33.6 Å². The molecule has 2 aromatic carbocycles. The molecule has 5 nitrogen and oxygen atoms in total. The average Bonchev–Trinajstić information content (AvgIpc) is 2.92. The summed E-state index contributed by atoms with van der Waals surface area (Å²) in [6.45, 7) is 2.96. The van der Waals surface area contributed by atoms with Crippen LogP contribution in [-0.4, -0.2) is 47.3 Å². The number of carbonyl (C=O) groups excluding carboxylic acids is 1. The van der Waals surface area contributed by atoms with Crippen LogP contribution in [0, 0.1) is 17.7 Å². The second-order valence-electron chi connectivity index (χ2n) is 10.4. The Morgan fingerprint density at radius 2 is 1.79 bits per heavy atom. The summed E-state index contributed by atoms with van der Waals surface area (Å²) in [5, 5.41) is 0. The van der Waals surface area contributed by atoms with Crippen LogP contribution < -0.4 is 9.47 Å². The zero-order chi connectivity index (χ0) is 26.9. The van der Waals surface area contributed by atoms with Gasteiger partial charge in [-0.15, -0.1) is 0 Å². The third-order valence-corrected chi connectivity index (χ3v) is 10.9. The van der Waals surface area contributed by atoms with Gasteiger partial charge in [-0.1, -0.05) is 43.6 Å². The molecule has 0 amide bonds. The first-order valence-electron chi connectivity index (χ1n) is 13.7. The van der Waals surface area contributed by atoms with E-state index in [-0.39, 0.29) is 17.8 Å². The van der Waals surface area contributed by atoms with Gasteiger partial charge in [0.25, 0.3) is 6.43 Å². The van der Waals surface area contributed by atoms with E-state index in [4.69, 9.17) is 18.9 Å². The van der Waals surface area contributed by atoms with E-state index in [1.165, 1.54) is 61.5 Å². The van der Waals surface area contributed by atoms with Crippen LogP contribution in [0.3, 0.4) is 0 Å². The van der Waals surface area contributed by atoms with Gasteiger partial charge in [-0.2, -0.15) is 0 Å². The van der Waals surface area contributed by atoms with Crippen molar-refractivity contribution < 1.29 is 36.9 Å². The van der Waals surface area contributed by atoms with E-state index in [2.05, 4.69) is 6.92 Å². The number of carbonyl (C=O) groups is 1. The van der Waals surface area contributed by atoms with Crippen LogP contribution >= 0.6 is 0 Å². The maximum Gasteiger partial charge on any atom is 0.343 e. The number of alkyl halides is 2. The molecule has 9 heteroatoms. The molecule has 2 aromatic rings. The van der Waals surface area contributed by atoms with Gasteiger partial charge >= 0.3 is 5.97 Å². The third kappa shape index (κ3) is 8.32. The Balaban J connectivity index is 1.18. The Morgan fingerprint density at radius 1 is 1.08 bits per heavy atom. The normalized spacial score (nSPS) is 23.8. The second-order valence-corrected chi connectivity index (χ2v) is 13.9. The molecule has 0 radical (unpaired) electrons. The highest BCUT2D eigenvalue weighted by Crippen LogP contribution is 2.34. The molecule has 0 N–H and O–H groups in total. The molecular formula is C29H37F3O5Si. The van der Waals surface area contributed by atoms with E-state index in [0.29, 0.717) is 17.4 Å². The molecule has 0 aromatic heterocycles. The predicted molar refractivity (Wildman–Crippen MR) is 141 cm³/mol. The maximum absolute atomic E-state index is 14.0. The number of esters is 1. The van der Waals surface area contributed by atoms with Gasteiger partial charge in [0.1, 0.15) is 12.4 Å². The first kappa shape index (κ1) is 28.6. The standard InChI is InChI=1S/C29H37F3O5Si/c1-2-3-21-17-35-29(36-18-21)23-11-14-38(15-12-23)13-10-20-4-6-22(7-5-20)28(33)37-24-8-9-26(25(30)16-24)34-19-27(31)32/h4-9,16,21,23,27,29,38H,2-3,10-15,17-19H2,1H3. The summed E-state index contributed by atoms with van der Waals surface area (Å²) in [4.78, 5) is 12.5. The van der Waals surface area contributed by atoms with Crippen molar-refractivity contribution in [3.8, 4) is 11.5 Å². The molecule has 208 valence electrons. The van der Waals surface area contributed by atoms with Crippen LogP contribution in [0.1, 0.15) is 48.5 Å². The summed E-state index contributed by atoms with van der Waals surface area (Å²) < 4.78 is 60.6. The molecule has 2 aliphatic rings. The van der Waals surface area contributed by atoms with Crippen LogP contribution in [0.5, 0.6) is 11.5 Å². The molecule has 0 spiro atoms. The van der Waals surface area contributed by atoms with Crippen molar-refractivity contribution in [3.63, 3.8) is 0 Å². The maximum atomic E-state index is 14.0. The van der Waals surface area contributed by atoms with Crippen LogP contribution in [0.2, 0.25) is 18.1 Å². The largest absolute Gasteiger partial charge is 0.485 e. The molecule has 0 aliphatic carbocycles. The quantitative estimate of drug-likeness (QED) is 0.178. The average molecular weight is 551 g/mol. The van der Waals surface area contributed by atoms with Crippen molar-refractivity contribution in [1.82, 2.24) is 0 Å². The highest BCUT2D eigenvalue weighted by atomic mass is 28.3. The molecule has 2 heterocycles. The molecular weight excluding hydrogens is 513 g/mol. The van der Waals surface area contributed by atoms with Crippen LogP contribution in [0.4, 0.5) is 13.2 Å². The van der Waals surface area contributed by atoms with Crippen molar-refractivity contribution >= 4 is 14.8 Å². The van der Waals surface area contributed by atoms with Crippen molar-refractivity contribution in [2.24, 2.45) is 11.8 Å². The van der Waals surface area contributed by atoms with Gasteiger partial charge in [-0.05, 0) is 55.5 Å². The first-order valence-corrected chi connectivity index (χ1v) is 16.1. The van der Waals surface area contributed by atoms with Gasteiger partial charge in [0, 0.05) is 26.7 Å². The number of hydrogen-bond acceptors (Lipinski definition) is 5. The van der Waals surface area contributed by atoms with E-state index in [1.807, 2.05) is 12.1 Å². The first-order chi connectivity index (χ1) is 18.4. The fraction of sp³-hybridized carbons (Fsp3) is 0.552. The minimum Gasteiger partial charge on any atom is -0.485 e. The van der Waals surface area contributed by atoms with E-state index in [1.54, 1.807) is 12.1 Å². The van der Waals surface area contributed by atoms with Crippen LogP contribution in [0.25, 0.3) is 0 Å². The fourth-order valence-corrected chi connectivity index (χ4v) is 8.72. The second kappa shape index (κ2) is 14.1. The molecule has 2 saturated heterocycles. The summed E-state index contributed by atoms with van der Waals surface area (Å²) in [5.41, 5.74) is 1.54. The number of rotatable bonds is 11. The Bertz CT molecular complexity index is 1020. The van der Waals surface area contributed by atoms with Crippen LogP contribution in [0.15, 0.2) is 42.5 Å². The summed E-state index contributed by atoms with van der Waals surface area (Å²) in [7, 11) is -0.802. The zero-order valence-corrected chi connectivity index (χ0v) is 23.0. The van der Waals surface area contributed by atoms with Gasteiger partial charge in [0.15, 0.2) is 17.9 Å². The summed E-state index contributed by atoms with van der Waals surface area (Å²) >= 11 is 0. The van der Waals surface area contributed by atoms with E-state index in [9.17, 15) is 18.0 Å². The Morgan fingerprint density at radius 3 is 2.42 bits per heavy atom. The molecule has 0 saturated carbocycles. The van der Waals surface area contributed by atoms with E-state index in [0.717, 1.165) is 25.7 Å². The van der Waals surface area contributed by atoms with Gasteiger partial charge in [0.05, 0.1) is 18.8 Å². The minimum atomic E-state index is -2.71. The van der Waals surface area contributed by atoms with Crippen molar-refractivity contribution in [2.75, 3.05) is 19.8 Å². The summed E-state index contributed by atoms with van der Waals surface area (Å²) in [6.07, 6.45) is 3.02. The lowest BCUT2D eigenvalue weighted by Gasteiger charge is -2.37. The SMILES string of the molecule is CCCC1COC(C2CC[SiH](CCc3ccc(C(=O)Oc4ccc(OCC(F)F)c(F)c4)cc3)CC2)OC1. The Kier molecular flexibility index (Phi) is 10.7. The zero-order valence-electron chi connectivity index (χ0n) is 21.9. The van der Waals surface area contributed by atoms with Gasteiger partial charge in [-0.25, -0.2) is 18.0 Å². The molecule has 0 atom stereocenters. The van der Waals surface area contributed by atoms with Gasteiger partial charge in [0.2, 0.25) is 0 Å². The fourth-order valence-electron chi connectivity index (χ4n) is 5.31. The van der Waals surface area contributed by atoms with Crippen molar-refractivity contribution in [3.05, 3.63) is 59.4 Å². The molecule has 2 aliphatic heterocycles. The highest BCUT2D eigenvalue weighted by molar-refractivity contribution is 6.59. The van der Waals surface area contributed by atoms with Crippen LogP contribution in [-0.2, 0) is 15.9 Å². The molecule has 38 heavy (non-hydrogen) atoms. The van der Waals surface area contributed by atoms with E-state index >= 15 is 0 Å². The third-order valence-electron chi connectivity index (χ3n) is 7.48. The lowest BCUT2D eigenvalue weighted by molar-refractivity contribution is -0.226. The predicted octanol–water partition coefficient (Wildman–Crippen LogP) is 6.66. The van der Waals surface area contributed by atoms with Gasteiger partial charge < -0.3 is 18.9 Å². The lowest BCUT2D eigenvalue weighted by atomic mass is 10.00. The topological polar surface area (TPSA) is 54.0 Å². The number of halogens is 3. The van der Waals surface area contributed by atoms with Crippen molar-refractivity contribution in [1.29, 1.82) is 0 Å². The molecule has 0 unspecified atom stereocenters. The summed E-state index contributed by atoms with van der Waals surface area (Å²) in [5.74, 6) is -0.745. The number of benzene rings is 2. The number of ether oxygens (including phenoxy) is 4. The molecule has 2 fully saturated rings. The smallest absolute Gasteiger partial charge is 0.343 e. The minimum absolute atomic E-state index is 0.0152. The molecule has 0 bridgehead atoms.